The van der Waals surface area contributed by atoms with E-state index < -0.39 is 0 Å². The summed E-state index contributed by atoms with van der Waals surface area (Å²) in [5, 5.41) is 12.3. The number of nitriles is 1. The van der Waals surface area contributed by atoms with Crippen molar-refractivity contribution in [2.75, 3.05) is 11.1 Å². The number of unbranched alkanes of at least 4 members (excludes halogenated alkanes) is 1. The van der Waals surface area contributed by atoms with Crippen LogP contribution in [0, 0.1) is 11.3 Å². The smallest absolute Gasteiger partial charge is 0.101 e. The number of hydrogen-bond acceptors (Lipinski definition) is 3. The molecule has 0 bridgehead atoms. The molecule has 2 rings (SSSR count). The standard InChI is InChI=1S/C17H19N3/c1-2-3-4-13-5-7-15(8-6-13)20-16-9-10-17(19)14(11-16)12-18/h5-11,20H,2-4,19H2,1H3. The van der Waals surface area contributed by atoms with Gasteiger partial charge in [0.25, 0.3) is 0 Å². The molecule has 2 aromatic carbocycles. The van der Waals surface area contributed by atoms with Crippen molar-refractivity contribution in [1.29, 1.82) is 5.26 Å². The van der Waals surface area contributed by atoms with Crippen molar-refractivity contribution in [2.45, 2.75) is 26.2 Å². The van der Waals surface area contributed by atoms with Gasteiger partial charge in [0.15, 0.2) is 0 Å². The Bertz CT molecular complexity index is 609. The van der Waals surface area contributed by atoms with E-state index >= 15 is 0 Å². The molecule has 0 spiro atoms. The molecule has 0 radical (unpaired) electrons. The summed E-state index contributed by atoms with van der Waals surface area (Å²) in [6.07, 6.45) is 3.55. The van der Waals surface area contributed by atoms with Gasteiger partial charge in [0, 0.05) is 17.1 Å². The Morgan fingerprint density at radius 1 is 1.10 bits per heavy atom. The fraction of sp³-hybridized carbons (Fsp3) is 0.235. The quantitative estimate of drug-likeness (QED) is 0.795. The minimum Gasteiger partial charge on any atom is -0.398 e. The molecule has 0 saturated carbocycles. The van der Waals surface area contributed by atoms with Crippen LogP contribution in [-0.2, 0) is 6.42 Å². The summed E-state index contributed by atoms with van der Waals surface area (Å²) in [5.41, 5.74) is 9.95. The Hall–Kier alpha value is -2.47. The second-order valence-corrected chi connectivity index (χ2v) is 4.84. The van der Waals surface area contributed by atoms with Crippen LogP contribution in [-0.4, -0.2) is 0 Å². The minimum absolute atomic E-state index is 0.495. The predicted molar refractivity (Wildman–Crippen MR) is 83.9 cm³/mol. The van der Waals surface area contributed by atoms with E-state index in [-0.39, 0.29) is 0 Å². The number of anilines is 3. The lowest BCUT2D eigenvalue weighted by atomic mass is 10.1. The first-order chi connectivity index (χ1) is 9.72. The van der Waals surface area contributed by atoms with Crippen LogP contribution >= 0.6 is 0 Å². The third kappa shape index (κ3) is 3.52. The topological polar surface area (TPSA) is 61.8 Å². The first-order valence-corrected chi connectivity index (χ1v) is 6.88. The fourth-order valence-electron chi connectivity index (χ4n) is 2.03. The van der Waals surface area contributed by atoms with Crippen molar-refractivity contribution in [3.63, 3.8) is 0 Å². The Morgan fingerprint density at radius 2 is 1.80 bits per heavy atom. The van der Waals surface area contributed by atoms with Crippen molar-refractivity contribution in [3.8, 4) is 6.07 Å². The normalized spacial score (nSPS) is 10.0. The average Bonchev–Trinajstić information content (AvgIpc) is 2.48. The summed E-state index contributed by atoms with van der Waals surface area (Å²) < 4.78 is 0. The summed E-state index contributed by atoms with van der Waals surface area (Å²) in [5.74, 6) is 0. The molecular formula is C17H19N3. The first kappa shape index (κ1) is 14.0. The van der Waals surface area contributed by atoms with E-state index in [2.05, 4.69) is 42.6 Å². The number of nitrogens with one attached hydrogen (secondary N) is 1. The van der Waals surface area contributed by atoms with Gasteiger partial charge in [-0.15, -0.1) is 0 Å². The highest BCUT2D eigenvalue weighted by atomic mass is 14.9. The van der Waals surface area contributed by atoms with Crippen LogP contribution in [0.4, 0.5) is 17.1 Å². The summed E-state index contributed by atoms with van der Waals surface area (Å²) in [6, 6.07) is 15.9. The molecule has 0 heterocycles. The lowest BCUT2D eigenvalue weighted by Gasteiger charge is -2.08. The van der Waals surface area contributed by atoms with E-state index in [9.17, 15) is 0 Å². The number of benzene rings is 2. The third-order valence-corrected chi connectivity index (χ3v) is 3.24. The summed E-state index contributed by atoms with van der Waals surface area (Å²) in [7, 11) is 0. The van der Waals surface area contributed by atoms with Gasteiger partial charge < -0.3 is 11.1 Å². The predicted octanol–water partition coefficient (Wildman–Crippen LogP) is 4.23. The zero-order valence-electron chi connectivity index (χ0n) is 11.7. The van der Waals surface area contributed by atoms with Gasteiger partial charge in [-0.25, -0.2) is 0 Å². The first-order valence-electron chi connectivity index (χ1n) is 6.88. The van der Waals surface area contributed by atoms with Crippen LogP contribution in [0.15, 0.2) is 42.5 Å². The molecule has 0 unspecified atom stereocenters. The zero-order valence-corrected chi connectivity index (χ0v) is 11.7. The largest absolute Gasteiger partial charge is 0.398 e. The van der Waals surface area contributed by atoms with Crippen molar-refractivity contribution in [2.24, 2.45) is 0 Å². The van der Waals surface area contributed by atoms with Crippen LogP contribution < -0.4 is 11.1 Å². The van der Waals surface area contributed by atoms with Gasteiger partial charge in [0.1, 0.15) is 6.07 Å². The average molecular weight is 265 g/mol. The Morgan fingerprint density at radius 3 is 2.45 bits per heavy atom. The zero-order chi connectivity index (χ0) is 14.4. The Balaban J connectivity index is 2.08. The maximum atomic E-state index is 8.97. The van der Waals surface area contributed by atoms with Crippen molar-refractivity contribution in [1.82, 2.24) is 0 Å². The van der Waals surface area contributed by atoms with Crippen molar-refractivity contribution in [3.05, 3.63) is 53.6 Å². The van der Waals surface area contributed by atoms with E-state index in [1.165, 1.54) is 18.4 Å². The van der Waals surface area contributed by atoms with Gasteiger partial charge in [-0.1, -0.05) is 25.5 Å². The number of aryl methyl sites for hydroxylation is 1. The molecule has 0 fully saturated rings. The third-order valence-electron chi connectivity index (χ3n) is 3.24. The van der Waals surface area contributed by atoms with Crippen LogP contribution in [0.3, 0.4) is 0 Å². The molecule has 102 valence electrons. The maximum absolute atomic E-state index is 8.97. The van der Waals surface area contributed by atoms with Gasteiger partial charge >= 0.3 is 0 Å². The Labute approximate surface area is 120 Å². The number of nitrogens with two attached hydrogens (primary N) is 1. The molecule has 0 aliphatic carbocycles. The lowest BCUT2D eigenvalue weighted by Crippen LogP contribution is -1.95. The number of nitrogens with zero attached hydrogens (tertiary/aromatic N) is 1. The molecule has 0 amide bonds. The van der Waals surface area contributed by atoms with Gasteiger partial charge in [0.2, 0.25) is 0 Å². The van der Waals surface area contributed by atoms with Gasteiger partial charge in [-0.05, 0) is 48.7 Å². The summed E-state index contributed by atoms with van der Waals surface area (Å²) in [6.45, 7) is 2.20. The molecule has 2 aromatic rings. The second-order valence-electron chi connectivity index (χ2n) is 4.84. The minimum atomic E-state index is 0.495. The molecule has 3 nitrogen and oxygen atoms in total. The molecule has 20 heavy (non-hydrogen) atoms. The van der Waals surface area contributed by atoms with Crippen molar-refractivity contribution >= 4 is 17.1 Å². The van der Waals surface area contributed by atoms with Crippen LogP contribution in [0.1, 0.15) is 30.9 Å². The van der Waals surface area contributed by atoms with Crippen LogP contribution in [0.2, 0.25) is 0 Å². The highest BCUT2D eigenvalue weighted by molar-refractivity contribution is 5.67. The molecule has 0 saturated heterocycles. The van der Waals surface area contributed by atoms with Gasteiger partial charge in [0.05, 0.1) is 5.56 Å². The number of rotatable bonds is 5. The van der Waals surface area contributed by atoms with E-state index in [4.69, 9.17) is 11.0 Å². The molecule has 0 atom stereocenters. The number of nitrogen functional groups attached to an aromatic ring is 1. The molecule has 3 heteroatoms. The highest BCUT2D eigenvalue weighted by Crippen LogP contribution is 2.21. The van der Waals surface area contributed by atoms with E-state index in [1.54, 1.807) is 12.1 Å². The molecule has 0 aliphatic heterocycles. The molecule has 0 aliphatic rings. The van der Waals surface area contributed by atoms with Gasteiger partial charge in [-0.2, -0.15) is 5.26 Å². The fourth-order valence-corrected chi connectivity index (χ4v) is 2.03. The summed E-state index contributed by atoms with van der Waals surface area (Å²) >= 11 is 0. The van der Waals surface area contributed by atoms with E-state index in [1.807, 2.05) is 6.07 Å². The summed E-state index contributed by atoms with van der Waals surface area (Å²) in [4.78, 5) is 0. The van der Waals surface area contributed by atoms with Crippen LogP contribution in [0.5, 0.6) is 0 Å². The highest BCUT2D eigenvalue weighted by Gasteiger charge is 2.01. The molecule has 0 aromatic heterocycles. The van der Waals surface area contributed by atoms with Crippen molar-refractivity contribution < 1.29 is 0 Å². The van der Waals surface area contributed by atoms with E-state index in [0.717, 1.165) is 17.8 Å². The molecule has 3 N–H and O–H groups in total. The van der Waals surface area contributed by atoms with Crippen LogP contribution in [0.25, 0.3) is 0 Å². The maximum Gasteiger partial charge on any atom is 0.101 e. The number of hydrogen-bond donors (Lipinski definition) is 2. The van der Waals surface area contributed by atoms with Gasteiger partial charge in [-0.3, -0.25) is 0 Å². The Kier molecular flexibility index (Phi) is 4.62. The molecular weight excluding hydrogens is 246 g/mol. The SMILES string of the molecule is CCCCc1ccc(Nc2ccc(N)c(C#N)c2)cc1. The monoisotopic (exact) mass is 265 g/mol. The van der Waals surface area contributed by atoms with E-state index in [0.29, 0.717) is 11.3 Å². The lowest BCUT2D eigenvalue weighted by molar-refractivity contribution is 0.795. The second kappa shape index (κ2) is 6.63.